The molecule has 1 saturated heterocycles. The molecule has 3 rings (SSSR count). The lowest BCUT2D eigenvalue weighted by Gasteiger charge is -2.19. The highest BCUT2D eigenvalue weighted by Gasteiger charge is 2.28. The van der Waals surface area contributed by atoms with Crippen molar-refractivity contribution in [1.82, 2.24) is 0 Å². The second kappa shape index (κ2) is 7.14. The maximum Gasteiger partial charge on any atom is 0.411 e. The third-order valence-corrected chi connectivity index (χ3v) is 5.93. The fourth-order valence-corrected chi connectivity index (χ4v) is 4.25. The highest BCUT2D eigenvalue weighted by molar-refractivity contribution is 7.93. The van der Waals surface area contributed by atoms with Crippen molar-refractivity contribution in [2.75, 3.05) is 21.9 Å². The second-order valence-electron chi connectivity index (χ2n) is 5.93. The van der Waals surface area contributed by atoms with Crippen molar-refractivity contribution in [1.29, 1.82) is 0 Å². The summed E-state index contributed by atoms with van der Waals surface area (Å²) in [6.07, 6.45) is 0.0336. The Morgan fingerprint density at radius 3 is 2.64 bits per heavy atom. The molecule has 1 aliphatic heterocycles. The van der Waals surface area contributed by atoms with Gasteiger partial charge in [0.2, 0.25) is 10.0 Å². The third kappa shape index (κ3) is 4.11. The minimum atomic E-state index is -3.26. The number of nitrogens with one attached hydrogen (secondary N) is 1. The van der Waals surface area contributed by atoms with Crippen LogP contribution in [-0.4, -0.2) is 26.8 Å². The molecule has 0 bridgehead atoms. The lowest BCUT2D eigenvalue weighted by atomic mass is 10.2. The van der Waals surface area contributed by atoms with Crippen LogP contribution in [0.25, 0.3) is 0 Å². The number of anilines is 2. The Morgan fingerprint density at radius 1 is 1.20 bits per heavy atom. The summed E-state index contributed by atoms with van der Waals surface area (Å²) in [5.41, 5.74) is 2.82. The minimum Gasteiger partial charge on any atom is -0.444 e. The van der Waals surface area contributed by atoms with Gasteiger partial charge >= 0.3 is 6.09 Å². The van der Waals surface area contributed by atoms with Crippen molar-refractivity contribution in [3.63, 3.8) is 0 Å². The molecule has 0 atom stereocenters. The second-order valence-corrected chi connectivity index (χ2v) is 7.94. The van der Waals surface area contributed by atoms with Crippen molar-refractivity contribution >= 4 is 27.5 Å². The summed E-state index contributed by atoms with van der Waals surface area (Å²) in [4.78, 5) is 12.0. The highest BCUT2D eigenvalue weighted by atomic mass is 32.2. The largest absolute Gasteiger partial charge is 0.444 e. The van der Waals surface area contributed by atoms with Gasteiger partial charge in [0.25, 0.3) is 0 Å². The van der Waals surface area contributed by atoms with Gasteiger partial charge in [0.1, 0.15) is 6.61 Å². The van der Waals surface area contributed by atoms with E-state index in [0.29, 0.717) is 24.3 Å². The average molecular weight is 360 g/mol. The van der Waals surface area contributed by atoms with Gasteiger partial charge in [-0.05, 0) is 36.6 Å². The van der Waals surface area contributed by atoms with Gasteiger partial charge < -0.3 is 4.74 Å². The van der Waals surface area contributed by atoms with Gasteiger partial charge in [0.15, 0.2) is 0 Å². The van der Waals surface area contributed by atoms with E-state index in [4.69, 9.17) is 4.74 Å². The topological polar surface area (TPSA) is 75.7 Å². The van der Waals surface area contributed by atoms with E-state index >= 15 is 0 Å². The zero-order chi connectivity index (χ0) is 17.9. The molecule has 0 radical (unpaired) electrons. The SMILES string of the molecule is Cc1ccc(N2CCCS2(=O)=O)cc1NC(=O)OCc1ccccc1. The van der Waals surface area contributed by atoms with Crippen LogP contribution in [0.4, 0.5) is 16.2 Å². The molecular weight excluding hydrogens is 340 g/mol. The first kappa shape index (κ1) is 17.3. The highest BCUT2D eigenvalue weighted by Crippen LogP contribution is 2.28. The molecule has 0 saturated carbocycles. The van der Waals surface area contributed by atoms with Crippen molar-refractivity contribution < 1.29 is 17.9 Å². The smallest absolute Gasteiger partial charge is 0.411 e. The maximum atomic E-state index is 12.1. The van der Waals surface area contributed by atoms with Crippen LogP contribution in [0.2, 0.25) is 0 Å². The van der Waals surface area contributed by atoms with Gasteiger partial charge in [-0.15, -0.1) is 0 Å². The summed E-state index contributed by atoms with van der Waals surface area (Å²) in [5, 5.41) is 2.69. The number of carbonyl (C=O) groups is 1. The lowest BCUT2D eigenvalue weighted by molar-refractivity contribution is 0.155. The number of nitrogens with zero attached hydrogens (tertiary/aromatic N) is 1. The van der Waals surface area contributed by atoms with Crippen LogP contribution in [0, 0.1) is 6.92 Å². The summed E-state index contributed by atoms with van der Waals surface area (Å²) >= 11 is 0. The molecule has 0 aliphatic carbocycles. The first-order valence-electron chi connectivity index (χ1n) is 8.04. The number of ether oxygens (including phenoxy) is 1. The summed E-state index contributed by atoms with van der Waals surface area (Å²) < 4.78 is 30.7. The number of rotatable bonds is 4. The predicted octanol–water partition coefficient (Wildman–Crippen LogP) is 3.28. The standard InChI is InChI=1S/C18H20N2O4S/c1-14-8-9-16(20-10-5-11-25(20,22)23)12-17(14)19-18(21)24-13-15-6-3-2-4-7-15/h2-4,6-9,12H,5,10-11,13H2,1H3,(H,19,21). The monoisotopic (exact) mass is 360 g/mol. The van der Waals surface area contributed by atoms with Crippen molar-refractivity contribution in [3.05, 3.63) is 59.7 Å². The van der Waals surface area contributed by atoms with E-state index in [0.717, 1.165) is 11.1 Å². The summed E-state index contributed by atoms with van der Waals surface area (Å²) in [7, 11) is -3.26. The van der Waals surface area contributed by atoms with Gasteiger partial charge in [-0.1, -0.05) is 36.4 Å². The van der Waals surface area contributed by atoms with Gasteiger partial charge in [0, 0.05) is 12.2 Å². The van der Waals surface area contributed by atoms with Crippen LogP contribution in [-0.2, 0) is 21.4 Å². The zero-order valence-electron chi connectivity index (χ0n) is 13.9. The van der Waals surface area contributed by atoms with Gasteiger partial charge in [-0.3, -0.25) is 9.62 Å². The van der Waals surface area contributed by atoms with E-state index in [-0.39, 0.29) is 12.4 Å². The number of aryl methyl sites for hydroxylation is 1. The molecule has 6 nitrogen and oxygen atoms in total. The molecular formula is C18H20N2O4S. The molecule has 1 heterocycles. The number of hydrogen-bond acceptors (Lipinski definition) is 4. The Labute approximate surface area is 147 Å². The molecule has 1 aliphatic rings. The molecule has 1 N–H and O–H groups in total. The summed E-state index contributed by atoms with van der Waals surface area (Å²) in [6, 6.07) is 14.6. The minimum absolute atomic E-state index is 0.156. The lowest BCUT2D eigenvalue weighted by Crippen LogP contribution is -2.25. The van der Waals surface area contributed by atoms with E-state index in [1.54, 1.807) is 18.2 Å². The van der Waals surface area contributed by atoms with Crippen LogP contribution in [0.15, 0.2) is 48.5 Å². The molecule has 2 aromatic rings. The van der Waals surface area contributed by atoms with E-state index in [1.807, 2.05) is 37.3 Å². The maximum absolute atomic E-state index is 12.1. The van der Waals surface area contributed by atoms with Crippen LogP contribution in [0.5, 0.6) is 0 Å². The Morgan fingerprint density at radius 2 is 1.96 bits per heavy atom. The predicted molar refractivity (Wildman–Crippen MR) is 97.2 cm³/mol. The molecule has 132 valence electrons. The quantitative estimate of drug-likeness (QED) is 0.908. The molecule has 0 spiro atoms. The van der Waals surface area contributed by atoms with Gasteiger partial charge in [0.05, 0.1) is 11.4 Å². The summed E-state index contributed by atoms with van der Waals surface area (Å²) in [6.45, 7) is 2.48. The zero-order valence-corrected chi connectivity index (χ0v) is 14.8. The Kier molecular flexibility index (Phi) is 4.94. The molecule has 0 unspecified atom stereocenters. The Bertz CT molecular complexity index is 866. The van der Waals surface area contributed by atoms with Gasteiger partial charge in [-0.2, -0.15) is 0 Å². The van der Waals surface area contributed by atoms with Crippen molar-refractivity contribution in [2.45, 2.75) is 20.0 Å². The van der Waals surface area contributed by atoms with Crippen LogP contribution < -0.4 is 9.62 Å². The number of carbonyl (C=O) groups excluding carboxylic acids is 1. The first-order chi connectivity index (χ1) is 12.0. The molecule has 7 heteroatoms. The van der Waals surface area contributed by atoms with Crippen molar-refractivity contribution in [3.8, 4) is 0 Å². The van der Waals surface area contributed by atoms with Crippen LogP contribution >= 0.6 is 0 Å². The van der Waals surface area contributed by atoms with Crippen LogP contribution in [0.3, 0.4) is 0 Å². The molecule has 0 aromatic heterocycles. The normalized spacial score (nSPS) is 15.8. The van der Waals surface area contributed by atoms with E-state index in [2.05, 4.69) is 5.32 Å². The molecule has 1 amide bonds. The van der Waals surface area contributed by atoms with Crippen molar-refractivity contribution in [2.24, 2.45) is 0 Å². The molecule has 2 aromatic carbocycles. The van der Waals surface area contributed by atoms with E-state index < -0.39 is 16.1 Å². The number of hydrogen-bond donors (Lipinski definition) is 1. The van der Waals surface area contributed by atoms with Gasteiger partial charge in [-0.25, -0.2) is 13.2 Å². The third-order valence-electron chi connectivity index (χ3n) is 4.06. The fourth-order valence-electron chi connectivity index (χ4n) is 2.70. The number of benzene rings is 2. The van der Waals surface area contributed by atoms with E-state index in [1.165, 1.54) is 4.31 Å². The molecule has 25 heavy (non-hydrogen) atoms. The fraction of sp³-hybridized carbons (Fsp3) is 0.278. The Balaban J connectivity index is 1.69. The Hall–Kier alpha value is -2.54. The average Bonchev–Trinajstić information content (AvgIpc) is 2.95. The molecule has 1 fully saturated rings. The summed E-state index contributed by atoms with van der Waals surface area (Å²) in [5.74, 6) is 0.156. The number of sulfonamides is 1. The van der Waals surface area contributed by atoms with Crippen LogP contribution in [0.1, 0.15) is 17.5 Å². The van der Waals surface area contributed by atoms with E-state index in [9.17, 15) is 13.2 Å². The first-order valence-corrected chi connectivity index (χ1v) is 9.65. The number of amides is 1.